The minimum absolute atomic E-state index is 0.755. The Labute approximate surface area is 157 Å². The number of pyridine rings is 1. The van der Waals surface area contributed by atoms with Crippen LogP contribution in [0, 0.1) is 0 Å². The molecule has 0 radical (unpaired) electrons. The predicted octanol–water partition coefficient (Wildman–Crippen LogP) is 1.78. The average Bonchev–Trinajstić information content (AvgIpc) is 3.24. The lowest BCUT2D eigenvalue weighted by molar-refractivity contribution is 0.122. The van der Waals surface area contributed by atoms with Crippen LogP contribution in [-0.4, -0.2) is 67.4 Å². The van der Waals surface area contributed by atoms with Gasteiger partial charge in [0.1, 0.15) is 17.2 Å². The summed E-state index contributed by atoms with van der Waals surface area (Å²) in [6.07, 6.45) is 5.38. The summed E-state index contributed by atoms with van der Waals surface area (Å²) in [5.74, 6) is 2.77. The maximum Gasteiger partial charge on any atom is 0.227 e. The number of nitrogens with zero attached hydrogens (tertiary/aromatic N) is 6. The van der Waals surface area contributed by atoms with Gasteiger partial charge in [-0.15, -0.1) is 0 Å². The van der Waals surface area contributed by atoms with E-state index in [1.165, 1.54) is 0 Å². The van der Waals surface area contributed by atoms with Crippen molar-refractivity contribution in [3.63, 3.8) is 0 Å². The number of hydrogen-bond donors (Lipinski definition) is 0. The molecule has 3 aromatic rings. The Morgan fingerprint density at radius 3 is 2.41 bits per heavy atom. The van der Waals surface area contributed by atoms with Crippen molar-refractivity contribution in [1.29, 1.82) is 0 Å². The third-order valence-electron chi connectivity index (χ3n) is 5.18. The highest BCUT2D eigenvalue weighted by atomic mass is 16.5. The van der Waals surface area contributed by atoms with Crippen LogP contribution in [0.15, 0.2) is 41.3 Å². The summed E-state index contributed by atoms with van der Waals surface area (Å²) < 4.78 is 10.9. The van der Waals surface area contributed by atoms with Crippen LogP contribution >= 0.6 is 0 Å². The van der Waals surface area contributed by atoms with Gasteiger partial charge in [0.2, 0.25) is 5.95 Å². The summed E-state index contributed by atoms with van der Waals surface area (Å²) in [5, 5.41) is 1.07. The third kappa shape index (κ3) is 3.16. The van der Waals surface area contributed by atoms with Crippen LogP contribution in [0.25, 0.3) is 11.0 Å². The van der Waals surface area contributed by atoms with Crippen molar-refractivity contribution in [1.82, 2.24) is 15.0 Å². The summed E-state index contributed by atoms with van der Waals surface area (Å²) in [5.41, 5.74) is 0.879. The molecule has 0 atom stereocenters. The molecular formula is C19H22N6O2. The summed E-state index contributed by atoms with van der Waals surface area (Å²) in [6.45, 7) is 6.75. The second-order valence-corrected chi connectivity index (χ2v) is 6.76. The SMILES string of the molecule is c1cc(N2CCOCC2)nc(N2CCN(c3nccc4occc34)CC2)n1. The average molecular weight is 366 g/mol. The normalized spacial score (nSPS) is 18.3. The van der Waals surface area contributed by atoms with E-state index in [-0.39, 0.29) is 0 Å². The van der Waals surface area contributed by atoms with Crippen molar-refractivity contribution < 1.29 is 9.15 Å². The van der Waals surface area contributed by atoms with Gasteiger partial charge in [-0.25, -0.2) is 9.97 Å². The molecule has 27 heavy (non-hydrogen) atoms. The Balaban J connectivity index is 1.30. The first-order chi connectivity index (χ1) is 13.4. The number of fused-ring (bicyclic) bond motifs is 1. The molecule has 0 aromatic carbocycles. The van der Waals surface area contributed by atoms with Crippen molar-refractivity contribution >= 4 is 28.6 Å². The molecule has 8 nitrogen and oxygen atoms in total. The number of ether oxygens (including phenoxy) is 1. The van der Waals surface area contributed by atoms with Gasteiger partial charge in [-0.2, -0.15) is 4.98 Å². The molecule has 0 saturated carbocycles. The summed E-state index contributed by atoms with van der Waals surface area (Å²) in [6, 6.07) is 5.87. The minimum atomic E-state index is 0.755. The van der Waals surface area contributed by atoms with Gasteiger partial charge in [-0.1, -0.05) is 0 Å². The molecule has 5 rings (SSSR count). The molecule has 2 fully saturated rings. The van der Waals surface area contributed by atoms with Crippen LogP contribution in [0.2, 0.25) is 0 Å². The fourth-order valence-electron chi connectivity index (χ4n) is 3.71. The van der Waals surface area contributed by atoms with Gasteiger partial charge >= 0.3 is 0 Å². The molecule has 3 aromatic heterocycles. The van der Waals surface area contributed by atoms with Gasteiger partial charge in [0, 0.05) is 51.7 Å². The molecule has 2 aliphatic heterocycles. The molecule has 0 spiro atoms. The molecule has 0 N–H and O–H groups in total. The molecule has 140 valence electrons. The number of furan rings is 1. The lowest BCUT2D eigenvalue weighted by Crippen LogP contribution is -2.47. The fourth-order valence-corrected chi connectivity index (χ4v) is 3.71. The second kappa shape index (κ2) is 7.03. The number of anilines is 3. The number of rotatable bonds is 3. The van der Waals surface area contributed by atoms with Gasteiger partial charge in [0.05, 0.1) is 24.9 Å². The van der Waals surface area contributed by atoms with Crippen LogP contribution in [0.3, 0.4) is 0 Å². The van der Waals surface area contributed by atoms with Crippen molar-refractivity contribution in [2.24, 2.45) is 0 Å². The Kier molecular flexibility index (Phi) is 4.25. The van der Waals surface area contributed by atoms with Gasteiger partial charge in [-0.3, -0.25) is 0 Å². The monoisotopic (exact) mass is 366 g/mol. The predicted molar refractivity (Wildman–Crippen MR) is 103 cm³/mol. The number of hydrogen-bond acceptors (Lipinski definition) is 8. The summed E-state index contributed by atoms with van der Waals surface area (Å²) >= 11 is 0. The molecule has 2 saturated heterocycles. The van der Waals surface area contributed by atoms with Crippen LogP contribution in [0.5, 0.6) is 0 Å². The van der Waals surface area contributed by atoms with E-state index in [9.17, 15) is 0 Å². The molecule has 0 bridgehead atoms. The Bertz CT molecular complexity index is 915. The first-order valence-electron chi connectivity index (χ1n) is 9.36. The zero-order valence-corrected chi connectivity index (χ0v) is 15.1. The number of piperazine rings is 1. The Hall–Kier alpha value is -2.87. The largest absolute Gasteiger partial charge is 0.464 e. The molecule has 8 heteroatoms. The van der Waals surface area contributed by atoms with Gasteiger partial charge in [-0.05, 0) is 18.2 Å². The first kappa shape index (κ1) is 16.3. The van der Waals surface area contributed by atoms with Crippen LogP contribution in [0.4, 0.5) is 17.6 Å². The standard InChI is InChI=1S/C19H22N6O2/c1-4-20-18(15-3-12-27-16(1)15)24-6-8-25(9-7-24)19-21-5-2-17(22-19)23-10-13-26-14-11-23/h1-5,12H,6-11,13-14H2. The molecule has 2 aliphatic rings. The van der Waals surface area contributed by atoms with Crippen LogP contribution in [0.1, 0.15) is 0 Å². The zero-order chi connectivity index (χ0) is 18.1. The molecule has 5 heterocycles. The highest BCUT2D eigenvalue weighted by Gasteiger charge is 2.22. The fraction of sp³-hybridized carbons (Fsp3) is 0.421. The number of morpholine rings is 1. The number of aromatic nitrogens is 3. The van der Waals surface area contributed by atoms with Crippen LogP contribution < -0.4 is 14.7 Å². The highest BCUT2D eigenvalue weighted by molar-refractivity contribution is 5.88. The van der Waals surface area contributed by atoms with Crippen molar-refractivity contribution in [3.8, 4) is 0 Å². The van der Waals surface area contributed by atoms with E-state index in [1.807, 2.05) is 30.6 Å². The molecule has 0 unspecified atom stereocenters. The second-order valence-electron chi connectivity index (χ2n) is 6.76. The molecule has 0 amide bonds. The van der Waals surface area contributed by atoms with E-state index in [0.717, 1.165) is 81.0 Å². The lowest BCUT2D eigenvalue weighted by Gasteiger charge is -2.36. The Morgan fingerprint density at radius 2 is 1.56 bits per heavy atom. The highest BCUT2D eigenvalue weighted by Crippen LogP contribution is 2.26. The van der Waals surface area contributed by atoms with Gasteiger partial charge < -0.3 is 23.9 Å². The van der Waals surface area contributed by atoms with E-state index in [2.05, 4.69) is 24.7 Å². The minimum Gasteiger partial charge on any atom is -0.464 e. The third-order valence-corrected chi connectivity index (χ3v) is 5.18. The summed E-state index contributed by atoms with van der Waals surface area (Å²) in [7, 11) is 0. The van der Waals surface area contributed by atoms with Crippen LogP contribution in [-0.2, 0) is 4.74 Å². The maximum absolute atomic E-state index is 5.50. The zero-order valence-electron chi connectivity index (χ0n) is 15.1. The molecule has 0 aliphatic carbocycles. The topological polar surface area (TPSA) is 70.8 Å². The van der Waals surface area contributed by atoms with Crippen molar-refractivity contribution in [3.05, 3.63) is 36.9 Å². The molecular weight excluding hydrogens is 344 g/mol. The quantitative estimate of drug-likeness (QED) is 0.695. The first-order valence-corrected chi connectivity index (χ1v) is 9.36. The Morgan fingerprint density at radius 1 is 0.778 bits per heavy atom. The summed E-state index contributed by atoms with van der Waals surface area (Å²) in [4.78, 5) is 20.7. The van der Waals surface area contributed by atoms with E-state index >= 15 is 0 Å². The van der Waals surface area contributed by atoms with E-state index in [4.69, 9.17) is 14.1 Å². The lowest BCUT2D eigenvalue weighted by atomic mass is 10.2. The van der Waals surface area contributed by atoms with Gasteiger partial charge in [0.25, 0.3) is 0 Å². The van der Waals surface area contributed by atoms with E-state index in [0.29, 0.717) is 0 Å². The van der Waals surface area contributed by atoms with E-state index in [1.54, 1.807) is 6.26 Å². The van der Waals surface area contributed by atoms with Gasteiger partial charge in [0.15, 0.2) is 0 Å². The maximum atomic E-state index is 5.50. The van der Waals surface area contributed by atoms with Crippen molar-refractivity contribution in [2.75, 3.05) is 67.2 Å². The van der Waals surface area contributed by atoms with Crippen molar-refractivity contribution in [2.45, 2.75) is 0 Å². The smallest absolute Gasteiger partial charge is 0.227 e. The van der Waals surface area contributed by atoms with E-state index < -0.39 is 0 Å².